The highest BCUT2D eigenvalue weighted by Crippen LogP contribution is 2.37. The average molecular weight is 487 g/mol. The Morgan fingerprint density at radius 1 is 0.909 bits per heavy atom. The molecule has 0 unspecified atom stereocenters. The van der Waals surface area contributed by atoms with Crippen LogP contribution < -0.4 is 20.1 Å². The maximum Gasteiger partial charge on any atom is 0.226 e. The standard InChI is InChI=1S/C26H28Cl2N2O3/c1-4-32-24-14-19(13-23(28)25(24)33-16-18-5-7-20(27)8-6-18)15-29-21-9-11-22(12-10-21)30-26(31)17(2)3/h5-14,17,29H,4,15-16H2,1-3H3,(H,30,31). The second kappa shape index (κ2) is 11.8. The van der Waals surface area contributed by atoms with Crippen molar-refractivity contribution in [2.75, 3.05) is 17.2 Å². The van der Waals surface area contributed by atoms with Gasteiger partial charge in [0.2, 0.25) is 5.91 Å². The van der Waals surface area contributed by atoms with Gasteiger partial charge in [0.25, 0.3) is 0 Å². The summed E-state index contributed by atoms with van der Waals surface area (Å²) in [5, 5.41) is 7.41. The molecule has 3 rings (SSSR count). The highest BCUT2D eigenvalue weighted by atomic mass is 35.5. The molecule has 0 atom stereocenters. The molecule has 5 nitrogen and oxygen atoms in total. The molecular weight excluding hydrogens is 459 g/mol. The molecule has 3 aromatic rings. The first-order valence-electron chi connectivity index (χ1n) is 10.8. The largest absolute Gasteiger partial charge is 0.490 e. The molecule has 0 aliphatic heterocycles. The highest BCUT2D eigenvalue weighted by molar-refractivity contribution is 6.32. The van der Waals surface area contributed by atoms with Crippen molar-refractivity contribution >= 4 is 40.5 Å². The van der Waals surface area contributed by atoms with Gasteiger partial charge in [0.15, 0.2) is 11.5 Å². The van der Waals surface area contributed by atoms with Crippen molar-refractivity contribution in [1.29, 1.82) is 0 Å². The van der Waals surface area contributed by atoms with Gasteiger partial charge in [-0.15, -0.1) is 0 Å². The van der Waals surface area contributed by atoms with Crippen LogP contribution in [0.25, 0.3) is 0 Å². The zero-order chi connectivity index (χ0) is 23.8. The molecule has 0 aliphatic carbocycles. The third-order valence-corrected chi connectivity index (χ3v) is 5.37. The molecule has 0 saturated carbocycles. The fraction of sp³-hybridized carbons (Fsp3) is 0.269. The number of halogens is 2. The Morgan fingerprint density at radius 2 is 1.58 bits per heavy atom. The number of nitrogens with one attached hydrogen (secondary N) is 2. The summed E-state index contributed by atoms with van der Waals surface area (Å²) in [5.41, 5.74) is 3.63. The van der Waals surface area contributed by atoms with Gasteiger partial charge in [-0.1, -0.05) is 49.2 Å². The van der Waals surface area contributed by atoms with Gasteiger partial charge in [0, 0.05) is 28.9 Å². The van der Waals surface area contributed by atoms with Crippen LogP contribution in [0.5, 0.6) is 11.5 Å². The lowest BCUT2D eigenvalue weighted by molar-refractivity contribution is -0.118. The number of carbonyl (C=O) groups is 1. The van der Waals surface area contributed by atoms with Crippen LogP contribution in [0.3, 0.4) is 0 Å². The SMILES string of the molecule is CCOc1cc(CNc2ccc(NC(=O)C(C)C)cc2)cc(Cl)c1OCc1ccc(Cl)cc1. The molecule has 2 N–H and O–H groups in total. The number of hydrogen-bond acceptors (Lipinski definition) is 4. The van der Waals surface area contributed by atoms with Crippen molar-refractivity contribution in [1.82, 2.24) is 0 Å². The van der Waals surface area contributed by atoms with Crippen LogP contribution in [0.2, 0.25) is 10.0 Å². The predicted octanol–water partition coefficient (Wildman–Crippen LogP) is 7.18. The average Bonchev–Trinajstić information content (AvgIpc) is 2.79. The molecule has 0 saturated heterocycles. The minimum absolute atomic E-state index is 0.00724. The van der Waals surface area contributed by atoms with Crippen LogP contribution in [0, 0.1) is 5.92 Å². The molecule has 0 fully saturated rings. The second-order valence-electron chi connectivity index (χ2n) is 7.83. The Labute approximate surface area is 205 Å². The molecule has 174 valence electrons. The number of ether oxygens (including phenoxy) is 2. The Bertz CT molecular complexity index is 1070. The summed E-state index contributed by atoms with van der Waals surface area (Å²) in [4.78, 5) is 11.8. The summed E-state index contributed by atoms with van der Waals surface area (Å²) in [6, 6.07) is 18.8. The summed E-state index contributed by atoms with van der Waals surface area (Å²) in [6.45, 7) is 7.04. The predicted molar refractivity (Wildman–Crippen MR) is 136 cm³/mol. The Hall–Kier alpha value is -2.89. The molecule has 7 heteroatoms. The molecule has 0 spiro atoms. The molecule has 0 radical (unpaired) electrons. The summed E-state index contributed by atoms with van der Waals surface area (Å²) in [7, 11) is 0. The van der Waals surface area contributed by atoms with Crippen LogP contribution in [-0.4, -0.2) is 12.5 Å². The highest BCUT2D eigenvalue weighted by Gasteiger charge is 2.13. The lowest BCUT2D eigenvalue weighted by Crippen LogP contribution is -2.17. The van der Waals surface area contributed by atoms with E-state index in [1.165, 1.54) is 0 Å². The quantitative estimate of drug-likeness (QED) is 0.318. The van der Waals surface area contributed by atoms with E-state index in [4.69, 9.17) is 32.7 Å². The van der Waals surface area contributed by atoms with Crippen molar-refractivity contribution in [3.05, 3.63) is 81.8 Å². The van der Waals surface area contributed by atoms with Gasteiger partial charge in [0.05, 0.1) is 11.6 Å². The minimum atomic E-state index is -0.0646. The van der Waals surface area contributed by atoms with Gasteiger partial charge >= 0.3 is 0 Å². The first-order valence-corrected chi connectivity index (χ1v) is 11.6. The van der Waals surface area contributed by atoms with Crippen molar-refractivity contribution in [2.45, 2.75) is 33.9 Å². The van der Waals surface area contributed by atoms with Crippen LogP contribution in [-0.2, 0) is 17.9 Å². The Morgan fingerprint density at radius 3 is 2.21 bits per heavy atom. The summed E-state index contributed by atoms with van der Waals surface area (Å²) >= 11 is 12.5. The van der Waals surface area contributed by atoms with Gasteiger partial charge in [-0.3, -0.25) is 4.79 Å². The molecular formula is C26H28Cl2N2O3. The van der Waals surface area contributed by atoms with E-state index in [1.807, 2.05) is 81.4 Å². The minimum Gasteiger partial charge on any atom is -0.490 e. The number of amides is 1. The topological polar surface area (TPSA) is 59.6 Å². The third-order valence-electron chi connectivity index (χ3n) is 4.84. The zero-order valence-electron chi connectivity index (χ0n) is 19.0. The molecule has 0 aliphatic rings. The molecule has 0 aromatic heterocycles. The first-order chi connectivity index (χ1) is 15.9. The lowest BCUT2D eigenvalue weighted by atomic mass is 10.1. The third kappa shape index (κ3) is 7.31. The number of anilines is 2. The number of carbonyl (C=O) groups excluding carboxylic acids is 1. The van der Waals surface area contributed by atoms with E-state index in [9.17, 15) is 4.79 Å². The smallest absolute Gasteiger partial charge is 0.226 e. The molecule has 0 heterocycles. The van der Waals surface area contributed by atoms with Gasteiger partial charge in [0.1, 0.15) is 6.61 Å². The van der Waals surface area contributed by atoms with Crippen LogP contribution in [0.1, 0.15) is 31.9 Å². The monoisotopic (exact) mass is 486 g/mol. The van der Waals surface area contributed by atoms with Crippen LogP contribution >= 0.6 is 23.2 Å². The zero-order valence-corrected chi connectivity index (χ0v) is 20.5. The van der Waals surface area contributed by atoms with E-state index in [-0.39, 0.29) is 11.8 Å². The van der Waals surface area contributed by atoms with E-state index in [1.54, 1.807) is 0 Å². The Kier molecular flexibility index (Phi) is 8.87. The van der Waals surface area contributed by atoms with Gasteiger partial charge in [-0.25, -0.2) is 0 Å². The van der Waals surface area contributed by atoms with Crippen LogP contribution in [0.15, 0.2) is 60.7 Å². The number of benzene rings is 3. The normalized spacial score (nSPS) is 10.7. The summed E-state index contributed by atoms with van der Waals surface area (Å²) in [6.07, 6.45) is 0. The van der Waals surface area contributed by atoms with Crippen LogP contribution in [0.4, 0.5) is 11.4 Å². The first kappa shape index (κ1) is 24.7. The maximum atomic E-state index is 11.8. The van der Waals surface area contributed by atoms with Crippen molar-refractivity contribution in [2.24, 2.45) is 5.92 Å². The Balaban J connectivity index is 1.65. The van der Waals surface area contributed by atoms with E-state index < -0.39 is 0 Å². The summed E-state index contributed by atoms with van der Waals surface area (Å²) < 4.78 is 11.8. The van der Waals surface area contributed by atoms with Gasteiger partial charge in [-0.05, 0) is 66.6 Å². The van der Waals surface area contributed by atoms with E-state index in [0.29, 0.717) is 41.3 Å². The van der Waals surface area contributed by atoms with Crippen molar-refractivity contribution < 1.29 is 14.3 Å². The van der Waals surface area contributed by atoms with Crippen molar-refractivity contribution in [3.8, 4) is 11.5 Å². The second-order valence-corrected chi connectivity index (χ2v) is 8.67. The van der Waals surface area contributed by atoms with Gasteiger partial charge < -0.3 is 20.1 Å². The number of hydrogen-bond donors (Lipinski definition) is 2. The van der Waals surface area contributed by atoms with E-state index in [0.717, 1.165) is 22.5 Å². The van der Waals surface area contributed by atoms with Crippen molar-refractivity contribution in [3.63, 3.8) is 0 Å². The molecule has 0 bridgehead atoms. The van der Waals surface area contributed by atoms with Gasteiger partial charge in [-0.2, -0.15) is 0 Å². The lowest BCUT2D eigenvalue weighted by Gasteiger charge is -2.16. The molecule has 3 aromatic carbocycles. The molecule has 33 heavy (non-hydrogen) atoms. The molecule has 1 amide bonds. The fourth-order valence-electron chi connectivity index (χ4n) is 3.02. The maximum absolute atomic E-state index is 11.8. The van der Waals surface area contributed by atoms with E-state index >= 15 is 0 Å². The number of rotatable bonds is 10. The fourth-order valence-corrected chi connectivity index (χ4v) is 3.44. The van der Waals surface area contributed by atoms with E-state index in [2.05, 4.69) is 10.6 Å². The summed E-state index contributed by atoms with van der Waals surface area (Å²) in [5.74, 6) is 1.04.